The van der Waals surface area contributed by atoms with Crippen LogP contribution in [0, 0.1) is 5.41 Å². The van der Waals surface area contributed by atoms with E-state index in [9.17, 15) is 0 Å². The van der Waals surface area contributed by atoms with Gasteiger partial charge in [0.15, 0.2) is 18.9 Å². The Kier molecular flexibility index (Phi) is 17.1. The predicted molar refractivity (Wildman–Crippen MR) is 177 cm³/mol. The zero-order chi connectivity index (χ0) is 34.6. The first kappa shape index (κ1) is 41.3. The van der Waals surface area contributed by atoms with E-state index in [0.717, 1.165) is 5.75 Å². The Hall–Kier alpha value is -0.130. The van der Waals surface area contributed by atoms with E-state index < -0.39 is 42.2 Å². The molecule has 0 radical (unpaired) electrons. The van der Waals surface area contributed by atoms with Gasteiger partial charge in [0.1, 0.15) is 0 Å². The van der Waals surface area contributed by atoms with Gasteiger partial charge in [-0.05, 0) is 45.8 Å². The van der Waals surface area contributed by atoms with Crippen LogP contribution in [0.5, 0.6) is 0 Å². The maximum atomic E-state index is 6.55. The van der Waals surface area contributed by atoms with Crippen molar-refractivity contribution in [3.8, 4) is 0 Å². The fourth-order valence-electron chi connectivity index (χ4n) is 5.53. The number of thioether (sulfide) groups is 1. The van der Waals surface area contributed by atoms with E-state index in [1.807, 2.05) is 62.3 Å². The van der Waals surface area contributed by atoms with E-state index >= 15 is 0 Å². The molecule has 0 spiro atoms. The molecule has 3 aliphatic heterocycles. The molecule has 0 N–H and O–H groups in total. The van der Waals surface area contributed by atoms with Crippen LogP contribution in [0.2, 0.25) is 0 Å². The van der Waals surface area contributed by atoms with Crippen LogP contribution in [0.4, 0.5) is 0 Å². The number of hydrogen-bond donors (Lipinski definition) is 0. The molecule has 3 heterocycles. The minimum absolute atomic E-state index is 0.0595. The van der Waals surface area contributed by atoms with E-state index in [4.69, 9.17) is 56.8 Å². The highest BCUT2D eigenvalue weighted by Crippen LogP contribution is 2.36. The molecule has 12 nitrogen and oxygen atoms in total. The minimum atomic E-state index is -1.13. The maximum absolute atomic E-state index is 6.55. The van der Waals surface area contributed by atoms with Crippen LogP contribution in [0.1, 0.15) is 108 Å². The van der Waals surface area contributed by atoms with Crippen LogP contribution in [0.3, 0.4) is 0 Å². The van der Waals surface area contributed by atoms with E-state index in [2.05, 4.69) is 6.92 Å². The molecule has 0 amide bonds. The van der Waals surface area contributed by atoms with Gasteiger partial charge in [-0.3, -0.25) is 14.2 Å². The average Bonchev–Trinajstić information content (AvgIpc) is 3.77. The fraction of sp³-hybridized carbons (Fsp3) is 1.00. The quantitative estimate of drug-likeness (QED) is 0.102. The lowest BCUT2D eigenvalue weighted by Gasteiger charge is -2.39. The lowest BCUT2D eigenvalue weighted by atomic mass is 9.93. The summed E-state index contributed by atoms with van der Waals surface area (Å²) in [6, 6.07) is 0. The molecule has 3 rings (SSSR count). The molecule has 3 fully saturated rings. The SMILES string of the molecule is CCSCC(COC(CC)OC1(CC)OCC(C)O1)(COC(CC)OC1(CC)OCC(C)O1)COC(CC)OC1(CC)OCC(C)O1. The third-order valence-corrected chi connectivity index (χ3v) is 9.55. The molecule has 0 aliphatic carbocycles. The summed E-state index contributed by atoms with van der Waals surface area (Å²) in [4.78, 5) is 0. The molecule has 0 aromatic heterocycles. The Morgan fingerprint density at radius 3 is 1.11 bits per heavy atom. The van der Waals surface area contributed by atoms with Gasteiger partial charge in [0.05, 0.1) is 58.0 Å². The summed E-state index contributed by atoms with van der Waals surface area (Å²) >= 11 is 1.79. The van der Waals surface area contributed by atoms with Crippen molar-refractivity contribution in [3.63, 3.8) is 0 Å². The van der Waals surface area contributed by atoms with Crippen LogP contribution in [0.15, 0.2) is 0 Å². The Morgan fingerprint density at radius 1 is 0.574 bits per heavy atom. The van der Waals surface area contributed by atoms with Gasteiger partial charge in [-0.25, -0.2) is 0 Å². The predicted octanol–water partition coefficient (Wildman–Crippen LogP) is 6.53. The maximum Gasteiger partial charge on any atom is 0.285 e. The molecular weight excluding hydrogens is 632 g/mol. The molecule has 9 unspecified atom stereocenters. The van der Waals surface area contributed by atoms with Gasteiger partial charge in [0.25, 0.3) is 17.9 Å². The third kappa shape index (κ3) is 12.0. The second kappa shape index (κ2) is 19.5. The van der Waals surface area contributed by atoms with Gasteiger partial charge >= 0.3 is 0 Å². The first-order valence-corrected chi connectivity index (χ1v) is 19.0. The first-order chi connectivity index (χ1) is 22.5. The molecule has 0 saturated carbocycles. The lowest BCUT2D eigenvalue weighted by molar-refractivity contribution is -0.396. The second-order valence-corrected chi connectivity index (χ2v) is 14.0. The minimum Gasteiger partial charge on any atom is -0.352 e. The van der Waals surface area contributed by atoms with Gasteiger partial charge in [0, 0.05) is 30.4 Å². The second-order valence-electron chi connectivity index (χ2n) is 12.8. The van der Waals surface area contributed by atoms with Crippen molar-refractivity contribution in [2.75, 3.05) is 51.1 Å². The van der Waals surface area contributed by atoms with E-state index in [1.54, 1.807) is 11.8 Å². The van der Waals surface area contributed by atoms with Crippen LogP contribution in [-0.2, 0) is 56.8 Å². The zero-order valence-electron chi connectivity index (χ0n) is 30.7. The fourth-order valence-corrected chi connectivity index (χ4v) is 6.42. The van der Waals surface area contributed by atoms with Crippen molar-refractivity contribution in [2.24, 2.45) is 5.41 Å². The zero-order valence-corrected chi connectivity index (χ0v) is 31.5. The van der Waals surface area contributed by atoms with E-state index in [0.29, 0.717) is 64.1 Å². The lowest BCUT2D eigenvalue weighted by Crippen LogP contribution is -2.47. The summed E-state index contributed by atoms with van der Waals surface area (Å²) in [6.45, 7) is 22.3. The van der Waals surface area contributed by atoms with Crippen LogP contribution in [0.25, 0.3) is 0 Å². The van der Waals surface area contributed by atoms with E-state index in [1.165, 1.54) is 0 Å². The van der Waals surface area contributed by atoms with Gasteiger partial charge in [-0.15, -0.1) is 0 Å². The average molecular weight is 697 g/mol. The molecule has 9 atom stereocenters. The highest BCUT2D eigenvalue weighted by molar-refractivity contribution is 7.99. The topological polar surface area (TPSA) is 111 Å². The largest absolute Gasteiger partial charge is 0.352 e. The van der Waals surface area contributed by atoms with Crippen LogP contribution in [-0.4, -0.2) is 106 Å². The van der Waals surface area contributed by atoms with Crippen molar-refractivity contribution < 1.29 is 56.8 Å². The van der Waals surface area contributed by atoms with Crippen molar-refractivity contribution >= 4 is 11.8 Å². The standard InChI is InChI=1S/C34H64O12S/c1-11-28(44-32(14-4)38-18-25(8)41-32)35-21-31(24-47-17-7,22-36-29(12-2)45-33(15-5)39-19-26(9)42-33)23-37-30(13-3)46-34(16-6)40-20-27(10)43-34/h25-30H,11-24H2,1-10H3. The monoisotopic (exact) mass is 696 g/mol. The Bertz CT molecular complexity index is 783. The van der Waals surface area contributed by atoms with Crippen molar-refractivity contribution in [3.05, 3.63) is 0 Å². The van der Waals surface area contributed by atoms with Crippen molar-refractivity contribution in [1.82, 2.24) is 0 Å². The summed E-state index contributed by atoms with van der Waals surface area (Å²) in [7, 11) is 0. The van der Waals surface area contributed by atoms with Gasteiger partial charge < -0.3 is 42.6 Å². The number of hydrogen-bond acceptors (Lipinski definition) is 13. The summed E-state index contributed by atoms with van der Waals surface area (Å²) in [6.07, 6.45) is 1.51. The number of rotatable bonds is 24. The molecule has 278 valence electrons. The van der Waals surface area contributed by atoms with Gasteiger partial charge in [-0.2, -0.15) is 11.8 Å². The summed E-state index contributed by atoms with van der Waals surface area (Å²) in [5, 5.41) is 0. The molecular formula is C34H64O12S. The highest BCUT2D eigenvalue weighted by atomic mass is 32.2. The van der Waals surface area contributed by atoms with Crippen molar-refractivity contribution in [2.45, 2.75) is 163 Å². The normalized spacial score (nSPS) is 34.5. The molecule has 0 bridgehead atoms. The Balaban J connectivity index is 1.80. The molecule has 3 aliphatic rings. The summed E-state index contributed by atoms with van der Waals surface area (Å²) in [5.74, 6) is -1.78. The molecule has 47 heavy (non-hydrogen) atoms. The highest BCUT2D eigenvalue weighted by Gasteiger charge is 2.46. The first-order valence-electron chi connectivity index (χ1n) is 17.9. The molecule has 0 aromatic carbocycles. The molecule has 3 saturated heterocycles. The molecule has 0 aromatic rings. The van der Waals surface area contributed by atoms with Gasteiger partial charge in [-0.1, -0.05) is 48.5 Å². The van der Waals surface area contributed by atoms with Crippen LogP contribution < -0.4 is 0 Å². The summed E-state index contributed by atoms with van der Waals surface area (Å²) < 4.78 is 74.6. The smallest absolute Gasteiger partial charge is 0.285 e. The van der Waals surface area contributed by atoms with E-state index in [-0.39, 0.29) is 38.1 Å². The van der Waals surface area contributed by atoms with Gasteiger partial charge in [0.2, 0.25) is 0 Å². The summed E-state index contributed by atoms with van der Waals surface area (Å²) in [5.41, 5.74) is -0.608. The molecule has 13 heteroatoms. The number of ether oxygens (including phenoxy) is 12. The third-order valence-electron chi connectivity index (χ3n) is 8.33. The van der Waals surface area contributed by atoms with Crippen LogP contribution >= 0.6 is 11.8 Å². The Labute approximate surface area is 287 Å². The van der Waals surface area contributed by atoms with Crippen molar-refractivity contribution in [1.29, 1.82) is 0 Å². The Morgan fingerprint density at radius 2 is 0.894 bits per heavy atom.